The standard InChI is InChI=1S/C41H23NO2SSe2.C36H20N2O2SSe2/c43-45(44)37-12-6-5-11-29(37)30-23-28(13-14-38(30)45)42-35-21-26-9-3-1-7-24(26)19-33(35)41(31-15-17-46-39(31)40-32(41)16-18-47-40)34-20-25-8-2-4-10-27(25)22-36(34)42;39-41(40)32-10-4-1-7-23(32)24-19-22(11-12-33(24)41)38-30-9-3-2-8-25(30)36(26-13-16-42-34(26)35-27(36)14-17-43-35)28-18-21-6-5-15-37-29(21)20-31(28)38/h1-23H;1-20H. The summed E-state index contributed by atoms with van der Waals surface area (Å²) in [6.45, 7) is 0. The number of rotatable bonds is 2. The third-order valence-electron chi connectivity index (χ3n) is 19.6. The van der Waals surface area contributed by atoms with Gasteiger partial charge in [-0.05, 0) is 0 Å². The van der Waals surface area contributed by atoms with Crippen LogP contribution in [-0.4, -0.2) is 79.8 Å². The number of aromatic nitrogens is 1. The van der Waals surface area contributed by atoms with Crippen LogP contribution < -0.4 is 9.80 Å². The topological polar surface area (TPSA) is 87.7 Å². The molecule has 0 saturated carbocycles. The SMILES string of the molecule is O=S1(=O)c2ccccc2-c2cc(N3c4cc5ccccc5cc4C4(c5cc6ccccc6cc53)c3cc[se]c3-c3[se]ccc34)ccc21.O=S1(=O)c2ccccc2-c2cc(N3c4ccccc4C4(c5cc6cccnc6cc53)c3cc[se]c3-c3[se]ccc34)ccc21. The molecule has 13 heteroatoms. The van der Waals surface area contributed by atoms with E-state index in [-0.39, 0.29) is 0 Å². The number of hydrogen-bond acceptors (Lipinski definition) is 7. The van der Waals surface area contributed by atoms with Crippen molar-refractivity contribution in [3.05, 3.63) is 301 Å². The van der Waals surface area contributed by atoms with Crippen molar-refractivity contribution < 1.29 is 16.8 Å². The van der Waals surface area contributed by atoms with Gasteiger partial charge in [-0.2, -0.15) is 0 Å². The van der Waals surface area contributed by atoms with Crippen LogP contribution in [-0.2, 0) is 30.5 Å². The van der Waals surface area contributed by atoms with Crippen LogP contribution in [0.2, 0.25) is 0 Å². The Morgan fingerprint density at radius 3 is 1.18 bits per heavy atom. The van der Waals surface area contributed by atoms with E-state index in [1.54, 1.807) is 48.1 Å². The summed E-state index contributed by atoms with van der Waals surface area (Å²) >= 11 is 1.29. The van der Waals surface area contributed by atoms with Gasteiger partial charge < -0.3 is 0 Å². The Morgan fingerprint density at radius 1 is 0.300 bits per heavy atom. The second-order valence-electron chi connectivity index (χ2n) is 23.7. The zero-order valence-electron chi connectivity index (χ0n) is 47.3. The maximum atomic E-state index is 13.6. The van der Waals surface area contributed by atoms with Gasteiger partial charge in [-0.1, -0.05) is 12.1 Å². The molecule has 0 N–H and O–H groups in total. The van der Waals surface area contributed by atoms with Gasteiger partial charge in [0.05, 0.1) is 0 Å². The first-order valence-electron chi connectivity index (χ1n) is 29.6. The Kier molecular flexibility index (Phi) is 10.9. The number of hydrogen-bond donors (Lipinski definition) is 0. The summed E-state index contributed by atoms with van der Waals surface area (Å²) in [6, 6.07) is 80.5. The molecule has 0 radical (unpaired) electrons. The zero-order chi connectivity index (χ0) is 59.6. The van der Waals surface area contributed by atoms with Gasteiger partial charge in [-0.15, -0.1) is 0 Å². The molecule has 21 rings (SSSR count). The molecule has 9 heterocycles. The summed E-state index contributed by atoms with van der Waals surface area (Å²) in [4.78, 5) is 20.6. The van der Waals surface area contributed by atoms with Crippen molar-refractivity contribution >= 4 is 144 Å². The summed E-state index contributed by atoms with van der Waals surface area (Å²) in [6.07, 6.45) is 1.85. The second kappa shape index (κ2) is 18.6. The van der Waals surface area contributed by atoms with Crippen LogP contribution in [0.3, 0.4) is 0 Å². The molecule has 15 aromatic rings. The van der Waals surface area contributed by atoms with Crippen molar-refractivity contribution in [2.24, 2.45) is 0 Å². The van der Waals surface area contributed by atoms with Gasteiger partial charge in [0.25, 0.3) is 0 Å². The van der Waals surface area contributed by atoms with Gasteiger partial charge in [-0.3, -0.25) is 0 Å². The molecule has 90 heavy (non-hydrogen) atoms. The van der Waals surface area contributed by atoms with E-state index in [1.165, 1.54) is 66.1 Å². The molecule has 0 fully saturated rings. The molecule has 2 aliphatic carbocycles. The molecule has 0 saturated heterocycles. The predicted molar refractivity (Wildman–Crippen MR) is 364 cm³/mol. The molecule has 2 spiro atoms. The van der Waals surface area contributed by atoms with Crippen LogP contribution in [0.25, 0.3) is 72.5 Å². The van der Waals surface area contributed by atoms with E-state index in [4.69, 9.17) is 4.98 Å². The van der Waals surface area contributed by atoms with E-state index in [1.807, 2.05) is 54.7 Å². The quantitative estimate of drug-likeness (QED) is 0.159. The maximum absolute atomic E-state index is 13.6. The third-order valence-corrected chi connectivity index (χ3v) is 32.4. The summed E-state index contributed by atoms with van der Waals surface area (Å²) < 4.78 is 60.3. The van der Waals surface area contributed by atoms with Crippen molar-refractivity contribution in [2.75, 3.05) is 9.80 Å². The monoisotopic (exact) mass is 1460 g/mol. The molecule has 4 aliphatic heterocycles. The summed E-state index contributed by atoms with van der Waals surface area (Å²) in [5, 5.41) is 5.93. The normalized spacial score (nSPS) is 15.8. The first kappa shape index (κ1) is 52.4. The number of fused-ring (bicyclic) bond motifs is 27. The summed E-state index contributed by atoms with van der Waals surface area (Å²) in [5.41, 5.74) is 20.4. The fraction of sp³-hybridized carbons (Fsp3) is 0.0260. The molecular formula is C77H43N3O4S2Se4. The second-order valence-corrected chi connectivity index (χ2v) is 35.2. The molecule has 5 aromatic heterocycles. The third kappa shape index (κ3) is 6.67. The van der Waals surface area contributed by atoms with Gasteiger partial charge in [0, 0.05) is 0 Å². The van der Waals surface area contributed by atoms with Crippen LogP contribution in [0.5, 0.6) is 0 Å². The van der Waals surface area contributed by atoms with Gasteiger partial charge in [0.15, 0.2) is 0 Å². The van der Waals surface area contributed by atoms with Gasteiger partial charge >= 0.3 is 535 Å². The molecule has 10 aromatic carbocycles. The van der Waals surface area contributed by atoms with E-state index < -0.39 is 30.5 Å². The number of benzene rings is 10. The zero-order valence-corrected chi connectivity index (χ0v) is 55.7. The van der Waals surface area contributed by atoms with Crippen LogP contribution in [0, 0.1) is 0 Å². The van der Waals surface area contributed by atoms with Crippen LogP contribution in [0.1, 0.15) is 44.5 Å². The fourth-order valence-corrected chi connectivity index (χ4v) is 29.0. The van der Waals surface area contributed by atoms with E-state index in [0.717, 1.165) is 67.3 Å². The molecule has 426 valence electrons. The molecular weight excluding hydrogens is 1410 g/mol. The Bertz CT molecular complexity index is 5810. The number of anilines is 6. The first-order chi connectivity index (χ1) is 44.1. The van der Waals surface area contributed by atoms with E-state index in [0.29, 0.717) is 77.6 Å². The Morgan fingerprint density at radius 2 is 0.678 bits per heavy atom. The van der Waals surface area contributed by atoms with E-state index in [2.05, 4.69) is 181 Å². The average molecular weight is 1450 g/mol. The summed E-state index contributed by atoms with van der Waals surface area (Å²) in [7, 11) is -7.12. The first-order valence-corrected chi connectivity index (χ1v) is 39.9. The van der Waals surface area contributed by atoms with Crippen LogP contribution in [0.4, 0.5) is 34.1 Å². The number of sulfone groups is 2. The average Bonchev–Trinajstić information content (AvgIpc) is 1.41. The molecule has 0 amide bonds. The minimum absolute atomic E-state index is 0.317. The number of pyridine rings is 1. The predicted octanol–water partition coefficient (Wildman–Crippen LogP) is 16.4. The molecule has 0 atom stereocenters. The minimum atomic E-state index is -3.57. The number of para-hydroxylation sites is 1. The molecule has 6 aliphatic rings. The molecule has 0 bridgehead atoms. The van der Waals surface area contributed by atoms with E-state index in [9.17, 15) is 16.8 Å². The number of nitrogens with zero attached hydrogens (tertiary/aromatic N) is 3. The van der Waals surface area contributed by atoms with Gasteiger partial charge in [-0.25, -0.2) is 0 Å². The Balaban J connectivity index is 0.000000126. The van der Waals surface area contributed by atoms with Crippen molar-refractivity contribution in [3.63, 3.8) is 0 Å². The van der Waals surface area contributed by atoms with Crippen molar-refractivity contribution in [3.8, 4) is 40.0 Å². The molecule has 0 unspecified atom stereocenters. The van der Waals surface area contributed by atoms with E-state index >= 15 is 0 Å². The van der Waals surface area contributed by atoms with Crippen molar-refractivity contribution in [1.29, 1.82) is 0 Å². The van der Waals surface area contributed by atoms with Gasteiger partial charge in [0.2, 0.25) is 0 Å². The van der Waals surface area contributed by atoms with Crippen LogP contribution >= 0.6 is 0 Å². The Hall–Kier alpha value is -8.37. The van der Waals surface area contributed by atoms with Crippen LogP contribution in [0.15, 0.2) is 276 Å². The van der Waals surface area contributed by atoms with Crippen molar-refractivity contribution in [2.45, 2.75) is 30.4 Å². The molecule has 7 nitrogen and oxygen atoms in total. The van der Waals surface area contributed by atoms with Gasteiger partial charge in [0.1, 0.15) is 0 Å². The summed E-state index contributed by atoms with van der Waals surface area (Å²) in [5.74, 6) is 0. The Labute approximate surface area is 542 Å². The fourth-order valence-electron chi connectivity index (χ4n) is 16.0. The van der Waals surface area contributed by atoms with Crippen molar-refractivity contribution in [1.82, 2.24) is 4.98 Å².